The van der Waals surface area contributed by atoms with Crippen molar-refractivity contribution in [1.82, 2.24) is 9.21 Å². The molecule has 1 aliphatic carbocycles. The Morgan fingerprint density at radius 1 is 1.04 bits per heavy atom. The SMILES string of the molecule is CCOCCC(=O)N1CCN(S(=O)(=O)c2ccc(C3CCCCC3)cc2)CC1. The molecule has 0 radical (unpaired) electrons. The third kappa shape index (κ3) is 5.13. The molecule has 0 spiro atoms. The van der Waals surface area contributed by atoms with E-state index in [9.17, 15) is 13.2 Å². The number of ether oxygens (including phenoxy) is 1. The van der Waals surface area contributed by atoms with E-state index in [0.29, 0.717) is 56.6 Å². The number of sulfonamides is 1. The maximum atomic E-state index is 13.0. The highest BCUT2D eigenvalue weighted by molar-refractivity contribution is 7.89. The van der Waals surface area contributed by atoms with Gasteiger partial charge in [-0.15, -0.1) is 0 Å². The first-order chi connectivity index (χ1) is 13.5. The van der Waals surface area contributed by atoms with Crippen molar-refractivity contribution in [3.8, 4) is 0 Å². The van der Waals surface area contributed by atoms with Crippen LogP contribution in [0.3, 0.4) is 0 Å². The minimum Gasteiger partial charge on any atom is -0.381 e. The first-order valence-corrected chi connectivity index (χ1v) is 11.9. The fourth-order valence-corrected chi connectivity index (χ4v) is 5.56. The summed E-state index contributed by atoms with van der Waals surface area (Å²) < 4.78 is 32.7. The fraction of sp³-hybridized carbons (Fsp3) is 0.667. The van der Waals surface area contributed by atoms with Crippen molar-refractivity contribution >= 4 is 15.9 Å². The fourth-order valence-electron chi connectivity index (χ4n) is 4.14. The minimum absolute atomic E-state index is 0.0299. The van der Waals surface area contributed by atoms with E-state index in [4.69, 9.17) is 4.74 Å². The Balaban J connectivity index is 1.57. The molecule has 0 aromatic heterocycles. The highest BCUT2D eigenvalue weighted by atomic mass is 32.2. The Morgan fingerprint density at radius 2 is 1.68 bits per heavy atom. The Hall–Kier alpha value is -1.44. The molecule has 7 heteroatoms. The van der Waals surface area contributed by atoms with E-state index >= 15 is 0 Å². The summed E-state index contributed by atoms with van der Waals surface area (Å²) in [7, 11) is -3.51. The van der Waals surface area contributed by atoms with Gasteiger partial charge in [0.15, 0.2) is 0 Å². The second kappa shape index (κ2) is 9.85. The molecule has 1 aliphatic heterocycles. The number of hydrogen-bond donors (Lipinski definition) is 0. The molecule has 2 aliphatic rings. The van der Waals surface area contributed by atoms with Gasteiger partial charge in [-0.1, -0.05) is 31.4 Å². The van der Waals surface area contributed by atoms with Gasteiger partial charge in [0.05, 0.1) is 17.9 Å². The average Bonchev–Trinajstić information content (AvgIpc) is 2.74. The average molecular weight is 409 g/mol. The van der Waals surface area contributed by atoms with E-state index in [0.717, 1.165) is 0 Å². The van der Waals surface area contributed by atoms with Gasteiger partial charge in [-0.25, -0.2) is 8.42 Å². The summed E-state index contributed by atoms with van der Waals surface area (Å²) in [6.07, 6.45) is 6.58. The Labute approximate surface area is 168 Å². The van der Waals surface area contributed by atoms with Crippen LogP contribution in [0.15, 0.2) is 29.2 Å². The van der Waals surface area contributed by atoms with E-state index in [1.807, 2.05) is 19.1 Å². The molecular formula is C21H32N2O4S. The number of hydrogen-bond acceptors (Lipinski definition) is 4. The molecule has 2 fully saturated rings. The molecule has 1 heterocycles. The molecule has 1 aromatic carbocycles. The van der Waals surface area contributed by atoms with Crippen molar-refractivity contribution in [2.75, 3.05) is 39.4 Å². The number of rotatable bonds is 7. The summed E-state index contributed by atoms with van der Waals surface area (Å²) in [5, 5.41) is 0. The molecule has 0 unspecified atom stereocenters. The zero-order chi connectivity index (χ0) is 20.0. The van der Waals surface area contributed by atoms with Crippen LogP contribution in [0.5, 0.6) is 0 Å². The molecular weight excluding hydrogens is 376 g/mol. The Bertz CT molecular complexity index is 734. The molecule has 0 bridgehead atoms. The van der Waals surface area contributed by atoms with Crippen molar-refractivity contribution in [3.63, 3.8) is 0 Å². The van der Waals surface area contributed by atoms with Crippen LogP contribution in [0.25, 0.3) is 0 Å². The van der Waals surface area contributed by atoms with E-state index < -0.39 is 10.0 Å². The van der Waals surface area contributed by atoms with E-state index in [1.54, 1.807) is 17.0 Å². The van der Waals surface area contributed by atoms with Crippen LogP contribution in [0.1, 0.15) is 56.9 Å². The van der Waals surface area contributed by atoms with Gasteiger partial charge < -0.3 is 9.64 Å². The highest BCUT2D eigenvalue weighted by Crippen LogP contribution is 2.33. The molecule has 28 heavy (non-hydrogen) atoms. The second-order valence-corrected chi connectivity index (χ2v) is 9.57. The molecule has 1 aromatic rings. The van der Waals surface area contributed by atoms with Gasteiger partial charge in [-0.3, -0.25) is 4.79 Å². The predicted molar refractivity (Wildman–Crippen MR) is 109 cm³/mol. The molecule has 0 atom stereocenters. The van der Waals surface area contributed by atoms with Crippen LogP contribution in [0, 0.1) is 0 Å². The monoisotopic (exact) mass is 408 g/mol. The second-order valence-electron chi connectivity index (χ2n) is 7.64. The lowest BCUT2D eigenvalue weighted by molar-refractivity contribution is -0.133. The van der Waals surface area contributed by atoms with E-state index in [-0.39, 0.29) is 5.91 Å². The van der Waals surface area contributed by atoms with Gasteiger partial charge in [0, 0.05) is 32.8 Å². The normalized spacial score (nSPS) is 19.7. The Kier molecular flexibility index (Phi) is 7.48. The molecule has 1 saturated carbocycles. The lowest BCUT2D eigenvalue weighted by Gasteiger charge is -2.34. The number of carbonyl (C=O) groups excluding carboxylic acids is 1. The zero-order valence-corrected chi connectivity index (χ0v) is 17.6. The van der Waals surface area contributed by atoms with Crippen molar-refractivity contribution in [1.29, 1.82) is 0 Å². The van der Waals surface area contributed by atoms with E-state index in [2.05, 4.69) is 0 Å². The largest absolute Gasteiger partial charge is 0.381 e. The lowest BCUT2D eigenvalue weighted by atomic mass is 9.84. The zero-order valence-electron chi connectivity index (χ0n) is 16.8. The molecule has 1 saturated heterocycles. The summed E-state index contributed by atoms with van der Waals surface area (Å²) in [5.41, 5.74) is 1.25. The van der Waals surface area contributed by atoms with Crippen LogP contribution in [-0.2, 0) is 19.6 Å². The van der Waals surface area contributed by atoms with Crippen molar-refractivity contribution in [2.24, 2.45) is 0 Å². The van der Waals surface area contributed by atoms with Gasteiger partial charge in [0.2, 0.25) is 15.9 Å². The number of nitrogens with zero attached hydrogens (tertiary/aromatic N) is 2. The maximum absolute atomic E-state index is 13.0. The Morgan fingerprint density at radius 3 is 2.29 bits per heavy atom. The van der Waals surface area contributed by atoms with Crippen molar-refractivity contribution in [2.45, 2.75) is 56.3 Å². The first-order valence-electron chi connectivity index (χ1n) is 10.5. The first kappa shape index (κ1) is 21.3. The highest BCUT2D eigenvalue weighted by Gasteiger charge is 2.30. The van der Waals surface area contributed by atoms with Crippen LogP contribution < -0.4 is 0 Å². The van der Waals surface area contributed by atoms with E-state index in [1.165, 1.54) is 42.0 Å². The van der Waals surface area contributed by atoms with Crippen molar-refractivity contribution < 1.29 is 17.9 Å². The quantitative estimate of drug-likeness (QED) is 0.651. The molecule has 6 nitrogen and oxygen atoms in total. The smallest absolute Gasteiger partial charge is 0.243 e. The van der Waals surface area contributed by atoms with Crippen LogP contribution >= 0.6 is 0 Å². The summed E-state index contributed by atoms with van der Waals surface area (Å²) in [6, 6.07) is 7.46. The lowest BCUT2D eigenvalue weighted by Crippen LogP contribution is -2.50. The molecule has 1 amide bonds. The minimum atomic E-state index is -3.51. The maximum Gasteiger partial charge on any atom is 0.243 e. The van der Waals surface area contributed by atoms with Crippen LogP contribution in [0.2, 0.25) is 0 Å². The van der Waals surface area contributed by atoms with Gasteiger partial charge in [-0.05, 0) is 43.4 Å². The number of amides is 1. The summed E-state index contributed by atoms with van der Waals surface area (Å²) in [4.78, 5) is 14.2. The number of piperazine rings is 1. The predicted octanol–water partition coefficient (Wildman–Crippen LogP) is 2.99. The number of benzene rings is 1. The van der Waals surface area contributed by atoms with Crippen LogP contribution in [0.4, 0.5) is 0 Å². The third-order valence-corrected chi connectivity index (χ3v) is 7.76. The topological polar surface area (TPSA) is 66.9 Å². The standard InChI is InChI=1S/C21H32N2O4S/c1-2-27-17-12-21(24)22-13-15-23(16-14-22)28(25,26)20-10-8-19(9-11-20)18-6-4-3-5-7-18/h8-11,18H,2-7,12-17H2,1H3. The summed E-state index contributed by atoms with van der Waals surface area (Å²) in [6.45, 7) is 4.46. The van der Waals surface area contributed by atoms with Crippen LogP contribution in [-0.4, -0.2) is 62.9 Å². The number of carbonyl (C=O) groups is 1. The molecule has 156 valence electrons. The summed E-state index contributed by atoms with van der Waals surface area (Å²) >= 11 is 0. The van der Waals surface area contributed by atoms with Crippen molar-refractivity contribution in [3.05, 3.63) is 29.8 Å². The molecule has 3 rings (SSSR count). The summed E-state index contributed by atoms with van der Waals surface area (Å²) in [5.74, 6) is 0.596. The van der Waals surface area contributed by atoms with Gasteiger partial charge in [-0.2, -0.15) is 4.31 Å². The van der Waals surface area contributed by atoms with Gasteiger partial charge in [0.1, 0.15) is 0 Å². The van der Waals surface area contributed by atoms with Gasteiger partial charge >= 0.3 is 0 Å². The third-order valence-electron chi connectivity index (χ3n) is 5.85. The van der Waals surface area contributed by atoms with Gasteiger partial charge in [0.25, 0.3) is 0 Å². The molecule has 0 N–H and O–H groups in total.